The highest BCUT2D eigenvalue weighted by molar-refractivity contribution is 6.10. The third-order valence-electron chi connectivity index (χ3n) is 5.42. The summed E-state index contributed by atoms with van der Waals surface area (Å²) in [5.41, 5.74) is 9.59. The first-order valence-electron chi connectivity index (χ1n) is 10.6. The largest absolute Gasteiger partial charge is 0.493 e. The molecule has 0 bridgehead atoms. The number of amides is 1. The lowest BCUT2D eigenvalue weighted by Crippen LogP contribution is -2.32. The minimum absolute atomic E-state index is 0.0148. The predicted octanol–water partition coefficient (Wildman–Crippen LogP) is 3.59. The fourth-order valence-electron chi connectivity index (χ4n) is 3.44. The molecule has 1 amide bonds. The van der Waals surface area contributed by atoms with Gasteiger partial charge in [-0.25, -0.2) is 9.97 Å². The number of carbonyl (C=O) groups excluding carboxylic acids is 1. The SMILES string of the molecule is CC[C@@H](C)NC(=O)c1c(N)n(/N=C\c2ccc(OC)c(OC)c2)c2nc3ccccc3nc12. The lowest BCUT2D eigenvalue weighted by Gasteiger charge is -2.11. The molecule has 1 atom stereocenters. The Bertz CT molecular complexity index is 1360. The predicted molar refractivity (Wildman–Crippen MR) is 129 cm³/mol. The maximum atomic E-state index is 13.1. The average Bonchev–Trinajstić information content (AvgIpc) is 3.10. The molecule has 4 rings (SSSR count). The molecule has 0 aliphatic heterocycles. The van der Waals surface area contributed by atoms with Crippen LogP contribution in [0.15, 0.2) is 47.6 Å². The third-order valence-corrected chi connectivity index (χ3v) is 5.42. The van der Waals surface area contributed by atoms with Crippen molar-refractivity contribution in [2.45, 2.75) is 26.3 Å². The summed E-state index contributed by atoms with van der Waals surface area (Å²) in [5.74, 6) is 1.04. The van der Waals surface area contributed by atoms with Gasteiger partial charge in [-0.05, 0) is 49.2 Å². The van der Waals surface area contributed by atoms with E-state index in [1.54, 1.807) is 32.6 Å². The summed E-state index contributed by atoms with van der Waals surface area (Å²) < 4.78 is 12.1. The highest BCUT2D eigenvalue weighted by Gasteiger charge is 2.24. The quantitative estimate of drug-likeness (QED) is 0.419. The third kappa shape index (κ3) is 4.17. The van der Waals surface area contributed by atoms with Crippen molar-refractivity contribution in [3.05, 3.63) is 53.6 Å². The molecular formula is C24H26N6O3. The molecule has 0 saturated heterocycles. The Morgan fingerprint density at radius 2 is 1.85 bits per heavy atom. The van der Waals surface area contributed by atoms with Crippen LogP contribution < -0.4 is 20.5 Å². The summed E-state index contributed by atoms with van der Waals surface area (Å²) in [6, 6.07) is 12.9. The van der Waals surface area contributed by atoms with Crippen LogP contribution in [0.4, 0.5) is 5.82 Å². The van der Waals surface area contributed by atoms with Gasteiger partial charge in [0.05, 0.1) is 31.5 Å². The normalized spacial score (nSPS) is 12.4. The van der Waals surface area contributed by atoms with Gasteiger partial charge in [-0.2, -0.15) is 9.78 Å². The van der Waals surface area contributed by atoms with Crippen molar-refractivity contribution in [3.63, 3.8) is 0 Å². The number of nitrogens with zero attached hydrogens (tertiary/aromatic N) is 4. The second-order valence-electron chi connectivity index (χ2n) is 7.60. The summed E-state index contributed by atoms with van der Waals surface area (Å²) in [4.78, 5) is 22.5. The van der Waals surface area contributed by atoms with Gasteiger partial charge in [0.25, 0.3) is 5.91 Å². The van der Waals surface area contributed by atoms with Crippen molar-refractivity contribution in [2.24, 2.45) is 5.10 Å². The number of nitrogens with two attached hydrogens (primary N) is 1. The zero-order chi connectivity index (χ0) is 23.5. The molecule has 2 aromatic carbocycles. The zero-order valence-corrected chi connectivity index (χ0v) is 19.0. The molecule has 9 heteroatoms. The van der Waals surface area contributed by atoms with Crippen molar-refractivity contribution in [3.8, 4) is 11.5 Å². The number of hydrogen-bond acceptors (Lipinski definition) is 7. The van der Waals surface area contributed by atoms with E-state index in [1.807, 2.05) is 44.2 Å². The van der Waals surface area contributed by atoms with E-state index in [9.17, 15) is 4.79 Å². The molecule has 0 radical (unpaired) electrons. The molecule has 9 nitrogen and oxygen atoms in total. The van der Waals surface area contributed by atoms with E-state index in [2.05, 4.69) is 15.4 Å². The maximum Gasteiger partial charge on any atom is 0.257 e. The van der Waals surface area contributed by atoms with Crippen LogP contribution in [-0.4, -0.2) is 47.0 Å². The Kier molecular flexibility index (Phi) is 6.12. The topological polar surface area (TPSA) is 117 Å². The first kappa shape index (κ1) is 22.1. The van der Waals surface area contributed by atoms with Gasteiger partial charge in [0, 0.05) is 6.04 Å². The molecule has 4 aromatic rings. The number of carbonyl (C=O) groups is 1. The van der Waals surface area contributed by atoms with E-state index < -0.39 is 0 Å². The second-order valence-corrected chi connectivity index (χ2v) is 7.60. The summed E-state index contributed by atoms with van der Waals surface area (Å²) >= 11 is 0. The van der Waals surface area contributed by atoms with E-state index in [1.165, 1.54) is 4.68 Å². The highest BCUT2D eigenvalue weighted by Crippen LogP contribution is 2.29. The molecule has 0 spiro atoms. The van der Waals surface area contributed by atoms with E-state index in [0.29, 0.717) is 33.7 Å². The van der Waals surface area contributed by atoms with Crippen molar-refractivity contribution >= 4 is 40.1 Å². The highest BCUT2D eigenvalue weighted by atomic mass is 16.5. The molecule has 0 aliphatic carbocycles. The van der Waals surface area contributed by atoms with Gasteiger partial charge in [-0.3, -0.25) is 4.79 Å². The van der Waals surface area contributed by atoms with Crippen molar-refractivity contribution in [1.82, 2.24) is 20.0 Å². The Balaban J connectivity index is 1.87. The van der Waals surface area contributed by atoms with E-state index in [0.717, 1.165) is 12.0 Å². The maximum absolute atomic E-state index is 13.1. The Morgan fingerprint density at radius 3 is 2.52 bits per heavy atom. The van der Waals surface area contributed by atoms with Crippen LogP contribution in [0.1, 0.15) is 36.2 Å². The molecule has 170 valence electrons. The summed E-state index contributed by atoms with van der Waals surface area (Å²) in [7, 11) is 3.15. The summed E-state index contributed by atoms with van der Waals surface area (Å²) in [6.07, 6.45) is 2.40. The minimum Gasteiger partial charge on any atom is -0.493 e. The molecule has 0 aliphatic rings. The van der Waals surface area contributed by atoms with Crippen LogP contribution in [0.2, 0.25) is 0 Å². The minimum atomic E-state index is -0.309. The molecule has 33 heavy (non-hydrogen) atoms. The molecule has 0 saturated carbocycles. The molecule has 0 fully saturated rings. The van der Waals surface area contributed by atoms with E-state index in [-0.39, 0.29) is 23.3 Å². The van der Waals surface area contributed by atoms with E-state index >= 15 is 0 Å². The lowest BCUT2D eigenvalue weighted by molar-refractivity contribution is 0.0941. The van der Waals surface area contributed by atoms with Crippen molar-refractivity contribution in [1.29, 1.82) is 0 Å². The summed E-state index contributed by atoms with van der Waals surface area (Å²) in [5, 5.41) is 7.49. The van der Waals surface area contributed by atoms with Crippen LogP contribution in [0.3, 0.4) is 0 Å². The number of methoxy groups -OCH3 is 2. The van der Waals surface area contributed by atoms with Crippen molar-refractivity contribution in [2.75, 3.05) is 20.0 Å². The van der Waals surface area contributed by atoms with Crippen LogP contribution in [0.5, 0.6) is 11.5 Å². The number of nitrogens with one attached hydrogen (secondary N) is 1. The summed E-state index contributed by atoms with van der Waals surface area (Å²) in [6.45, 7) is 3.93. The van der Waals surface area contributed by atoms with Crippen LogP contribution in [-0.2, 0) is 0 Å². The molecule has 2 aromatic heterocycles. The number of ether oxygens (including phenoxy) is 2. The van der Waals surface area contributed by atoms with Crippen molar-refractivity contribution < 1.29 is 14.3 Å². The lowest BCUT2D eigenvalue weighted by atomic mass is 10.2. The fourth-order valence-corrected chi connectivity index (χ4v) is 3.44. The first-order valence-corrected chi connectivity index (χ1v) is 10.6. The first-order chi connectivity index (χ1) is 16.0. The second kappa shape index (κ2) is 9.15. The Morgan fingerprint density at radius 1 is 1.15 bits per heavy atom. The van der Waals surface area contributed by atoms with Crippen LogP contribution in [0, 0.1) is 0 Å². The van der Waals surface area contributed by atoms with Gasteiger partial charge in [-0.15, -0.1) is 0 Å². The molecule has 3 N–H and O–H groups in total. The number of nitrogen functional groups attached to an aromatic ring is 1. The smallest absolute Gasteiger partial charge is 0.257 e. The van der Waals surface area contributed by atoms with E-state index in [4.69, 9.17) is 20.2 Å². The van der Waals surface area contributed by atoms with Gasteiger partial charge in [0.15, 0.2) is 17.1 Å². The van der Waals surface area contributed by atoms with Gasteiger partial charge in [0.1, 0.15) is 16.9 Å². The number of fused-ring (bicyclic) bond motifs is 2. The van der Waals surface area contributed by atoms with Gasteiger partial charge in [-0.1, -0.05) is 19.1 Å². The number of para-hydroxylation sites is 2. The Labute approximate surface area is 191 Å². The average molecular weight is 447 g/mol. The van der Waals surface area contributed by atoms with Crippen LogP contribution >= 0.6 is 0 Å². The standard InChI is InChI=1S/C24H26N6O3/c1-5-14(2)27-24(31)20-21-23(29-17-9-7-6-8-16(17)28-21)30(22(20)25)26-13-15-10-11-18(32-3)19(12-15)33-4/h6-14H,5,25H2,1-4H3,(H,27,31)/b26-13-/t14-/m1/s1. The van der Waals surface area contributed by atoms with Crippen LogP contribution in [0.25, 0.3) is 22.2 Å². The number of rotatable bonds is 7. The van der Waals surface area contributed by atoms with Gasteiger partial charge >= 0.3 is 0 Å². The van der Waals surface area contributed by atoms with Gasteiger partial charge < -0.3 is 20.5 Å². The van der Waals surface area contributed by atoms with Gasteiger partial charge in [0.2, 0.25) is 0 Å². The number of aromatic nitrogens is 3. The zero-order valence-electron chi connectivity index (χ0n) is 19.0. The molecular weight excluding hydrogens is 420 g/mol. The monoisotopic (exact) mass is 446 g/mol. The Hall–Kier alpha value is -4.14. The molecule has 2 heterocycles. The number of anilines is 1. The fraction of sp³-hybridized carbons (Fsp3) is 0.250. The molecule has 0 unspecified atom stereocenters. The number of benzene rings is 2. The number of hydrogen-bond donors (Lipinski definition) is 2.